The molecule has 0 spiro atoms. The van der Waals surface area contributed by atoms with Crippen LogP contribution in [0.3, 0.4) is 0 Å². The van der Waals surface area contributed by atoms with Crippen LogP contribution in [0.4, 0.5) is 4.39 Å². The molecule has 0 fully saturated rings. The summed E-state index contributed by atoms with van der Waals surface area (Å²) in [4.78, 5) is 4.22. The first-order valence-corrected chi connectivity index (χ1v) is 10.7. The lowest BCUT2D eigenvalue weighted by Crippen LogP contribution is -2.22. The lowest BCUT2D eigenvalue weighted by atomic mass is 10.0. The number of aromatic nitrogens is 2. The fourth-order valence-electron chi connectivity index (χ4n) is 3.27. The number of nitrogens with zero attached hydrogens (tertiary/aromatic N) is 3. The number of benzene rings is 1. The average Bonchev–Trinajstić information content (AvgIpc) is 2.93. The van der Waals surface area contributed by atoms with Crippen LogP contribution in [-0.4, -0.2) is 42.9 Å². The number of pyridine rings is 1. The molecule has 0 atom stereocenters. The van der Waals surface area contributed by atoms with Crippen molar-refractivity contribution in [2.75, 3.05) is 20.6 Å². The summed E-state index contributed by atoms with van der Waals surface area (Å²) in [6, 6.07) is 6.93. The molecule has 11 heteroatoms. The fraction of sp³-hybridized carbons (Fsp3) is 0.250. The molecule has 2 aromatic heterocycles. The highest BCUT2D eigenvalue weighted by Gasteiger charge is 2.21. The Bertz CT molecular complexity index is 1210. The number of halogens is 4. The number of rotatable bonds is 6. The van der Waals surface area contributed by atoms with Gasteiger partial charge in [-0.25, -0.2) is 17.1 Å². The maximum absolute atomic E-state index is 14.2. The summed E-state index contributed by atoms with van der Waals surface area (Å²) in [6.07, 6.45) is 4.23. The highest BCUT2D eigenvalue weighted by Crippen LogP contribution is 2.37. The molecular formula is C20H24Cl3FN4O2S. The maximum Gasteiger partial charge on any atom is 0.244 e. The second kappa shape index (κ2) is 10.8. The standard InChI is InChI=1S/C20H22ClFN4O2S.2ClH/c1-13-20(14-8-17(11-24-10-14)29(27,28)25(2)3)18-5-4-15(21)9-19(18)26(13)12-16(22)6-7-23;;/h4-6,8-11H,7,12,23H2,1-3H3;2*1H. The first-order valence-electron chi connectivity index (χ1n) is 8.87. The molecule has 0 saturated heterocycles. The Labute approximate surface area is 198 Å². The SMILES string of the molecule is Cc1c(-c2cncc(S(=O)(=O)N(C)C)c2)c2ccc(Cl)cc2n1CC(F)=CCN.Cl.Cl. The minimum atomic E-state index is -3.64. The highest BCUT2D eigenvalue weighted by atomic mass is 35.5. The van der Waals surface area contributed by atoms with E-state index in [-0.39, 0.29) is 48.6 Å². The van der Waals surface area contributed by atoms with Crippen LogP contribution in [0, 0.1) is 6.92 Å². The third-order valence-corrected chi connectivity index (χ3v) is 6.73. The first-order chi connectivity index (χ1) is 13.7. The maximum atomic E-state index is 14.2. The van der Waals surface area contributed by atoms with Crippen LogP contribution in [0.25, 0.3) is 22.0 Å². The van der Waals surface area contributed by atoms with E-state index in [4.69, 9.17) is 17.3 Å². The topological polar surface area (TPSA) is 81.2 Å². The molecule has 0 radical (unpaired) electrons. The summed E-state index contributed by atoms with van der Waals surface area (Å²) < 4.78 is 42.2. The van der Waals surface area contributed by atoms with Crippen molar-refractivity contribution in [2.24, 2.45) is 5.73 Å². The molecular weight excluding hydrogens is 486 g/mol. The van der Waals surface area contributed by atoms with Gasteiger partial charge >= 0.3 is 0 Å². The van der Waals surface area contributed by atoms with Gasteiger partial charge in [-0.1, -0.05) is 17.7 Å². The molecule has 0 aliphatic heterocycles. The van der Waals surface area contributed by atoms with Crippen LogP contribution in [0.1, 0.15) is 5.69 Å². The van der Waals surface area contributed by atoms with E-state index in [0.717, 1.165) is 26.5 Å². The van der Waals surface area contributed by atoms with Gasteiger partial charge in [-0.2, -0.15) is 0 Å². The molecule has 3 rings (SSSR count). The predicted molar refractivity (Wildman–Crippen MR) is 129 cm³/mol. The zero-order valence-corrected chi connectivity index (χ0v) is 20.4. The van der Waals surface area contributed by atoms with Gasteiger partial charge in [-0.3, -0.25) is 4.98 Å². The summed E-state index contributed by atoms with van der Waals surface area (Å²) in [6.45, 7) is 1.96. The van der Waals surface area contributed by atoms with E-state index >= 15 is 0 Å². The van der Waals surface area contributed by atoms with Crippen molar-refractivity contribution in [1.82, 2.24) is 13.9 Å². The molecule has 6 nitrogen and oxygen atoms in total. The minimum Gasteiger partial charge on any atom is -0.337 e. The summed E-state index contributed by atoms with van der Waals surface area (Å²) in [5.41, 5.74) is 8.33. The van der Waals surface area contributed by atoms with Crippen LogP contribution < -0.4 is 5.73 Å². The smallest absolute Gasteiger partial charge is 0.244 e. The van der Waals surface area contributed by atoms with Crippen molar-refractivity contribution < 1.29 is 12.8 Å². The number of allylic oxidation sites excluding steroid dienone is 1. The Morgan fingerprint density at radius 3 is 2.55 bits per heavy atom. The van der Waals surface area contributed by atoms with E-state index < -0.39 is 10.0 Å². The van der Waals surface area contributed by atoms with Gasteiger partial charge in [0, 0.05) is 60.3 Å². The second-order valence-corrected chi connectivity index (χ2v) is 9.38. The van der Waals surface area contributed by atoms with E-state index in [1.54, 1.807) is 29.0 Å². The van der Waals surface area contributed by atoms with Gasteiger partial charge in [-0.15, -0.1) is 24.8 Å². The normalized spacial score (nSPS) is 12.0. The molecule has 0 aliphatic rings. The largest absolute Gasteiger partial charge is 0.337 e. The number of hydrogen-bond acceptors (Lipinski definition) is 4. The predicted octanol–water partition coefficient (Wildman–Crippen LogP) is 4.57. The Balaban J connectivity index is 0.00000240. The molecule has 0 unspecified atom stereocenters. The van der Waals surface area contributed by atoms with Crippen LogP contribution >= 0.6 is 36.4 Å². The second-order valence-electron chi connectivity index (χ2n) is 6.79. The Kier molecular flexibility index (Phi) is 9.50. The number of sulfonamides is 1. The van der Waals surface area contributed by atoms with Gasteiger partial charge in [0.1, 0.15) is 10.7 Å². The third-order valence-electron chi connectivity index (χ3n) is 4.72. The Morgan fingerprint density at radius 2 is 1.94 bits per heavy atom. The van der Waals surface area contributed by atoms with Gasteiger partial charge < -0.3 is 10.3 Å². The molecule has 0 aliphatic carbocycles. The molecule has 0 saturated carbocycles. The fourth-order valence-corrected chi connectivity index (χ4v) is 4.33. The van der Waals surface area contributed by atoms with E-state index in [1.807, 2.05) is 13.0 Å². The van der Waals surface area contributed by atoms with E-state index in [9.17, 15) is 12.8 Å². The number of fused-ring (bicyclic) bond motifs is 1. The highest BCUT2D eigenvalue weighted by molar-refractivity contribution is 7.89. The monoisotopic (exact) mass is 508 g/mol. The molecule has 3 aromatic rings. The lowest BCUT2D eigenvalue weighted by molar-refractivity contribution is 0.520. The number of nitrogens with two attached hydrogens (primary N) is 1. The van der Waals surface area contributed by atoms with E-state index in [1.165, 1.54) is 26.4 Å². The molecule has 1 aromatic carbocycles. The summed E-state index contributed by atoms with van der Waals surface area (Å²) in [5.74, 6) is -0.360. The molecule has 0 amide bonds. The Hall–Kier alpha value is -1.68. The summed E-state index contributed by atoms with van der Waals surface area (Å²) >= 11 is 6.18. The molecule has 2 heterocycles. The molecule has 31 heavy (non-hydrogen) atoms. The van der Waals surface area contributed by atoms with E-state index in [0.29, 0.717) is 10.6 Å². The van der Waals surface area contributed by atoms with Crippen molar-refractivity contribution in [2.45, 2.75) is 18.4 Å². The van der Waals surface area contributed by atoms with Gasteiger partial charge in [0.15, 0.2) is 0 Å². The minimum absolute atomic E-state index is 0. The molecule has 2 N–H and O–H groups in total. The van der Waals surface area contributed by atoms with Gasteiger partial charge in [0.05, 0.1) is 12.1 Å². The van der Waals surface area contributed by atoms with Gasteiger partial charge in [0.2, 0.25) is 10.0 Å². The molecule has 170 valence electrons. The summed E-state index contributed by atoms with van der Waals surface area (Å²) in [5, 5.41) is 1.35. The third kappa shape index (κ3) is 5.39. The first kappa shape index (κ1) is 27.4. The van der Waals surface area contributed by atoms with Crippen molar-refractivity contribution in [3.8, 4) is 11.1 Å². The van der Waals surface area contributed by atoms with Crippen LogP contribution in [-0.2, 0) is 16.6 Å². The quantitative estimate of drug-likeness (QED) is 0.528. The average molecular weight is 510 g/mol. The summed E-state index contributed by atoms with van der Waals surface area (Å²) in [7, 11) is -0.708. The van der Waals surface area contributed by atoms with Crippen molar-refractivity contribution in [1.29, 1.82) is 0 Å². The van der Waals surface area contributed by atoms with Crippen molar-refractivity contribution in [3.05, 3.63) is 59.3 Å². The van der Waals surface area contributed by atoms with Crippen LogP contribution in [0.15, 0.2) is 53.5 Å². The lowest BCUT2D eigenvalue weighted by Gasteiger charge is -2.12. The van der Waals surface area contributed by atoms with Gasteiger partial charge in [0.25, 0.3) is 0 Å². The zero-order valence-electron chi connectivity index (χ0n) is 17.2. The Morgan fingerprint density at radius 1 is 1.26 bits per heavy atom. The van der Waals surface area contributed by atoms with Crippen molar-refractivity contribution >= 4 is 57.3 Å². The zero-order chi connectivity index (χ0) is 21.3. The molecule has 0 bridgehead atoms. The van der Waals surface area contributed by atoms with E-state index in [2.05, 4.69) is 4.98 Å². The van der Waals surface area contributed by atoms with Gasteiger partial charge in [-0.05, 0) is 31.2 Å². The number of hydrogen-bond donors (Lipinski definition) is 1. The van der Waals surface area contributed by atoms with Crippen LogP contribution in [0.5, 0.6) is 0 Å². The van der Waals surface area contributed by atoms with Crippen LogP contribution in [0.2, 0.25) is 5.02 Å². The van der Waals surface area contributed by atoms with Crippen molar-refractivity contribution in [3.63, 3.8) is 0 Å².